The van der Waals surface area contributed by atoms with Crippen LogP contribution in [0.3, 0.4) is 0 Å². The zero-order valence-corrected chi connectivity index (χ0v) is 8.23. The van der Waals surface area contributed by atoms with Crippen LogP contribution in [0, 0.1) is 0 Å². The van der Waals surface area contributed by atoms with E-state index in [2.05, 4.69) is 14.9 Å². The maximum Gasteiger partial charge on any atom is 0.347 e. The van der Waals surface area contributed by atoms with Gasteiger partial charge in [0.2, 0.25) is 0 Å². The number of fused-ring (bicyclic) bond motifs is 1. The highest BCUT2D eigenvalue weighted by molar-refractivity contribution is 5.89. The predicted octanol–water partition coefficient (Wildman–Crippen LogP) is 1.13. The zero-order chi connectivity index (χ0) is 10.3. The van der Waals surface area contributed by atoms with E-state index in [-0.39, 0.29) is 5.69 Å². The van der Waals surface area contributed by atoms with E-state index in [4.69, 9.17) is 0 Å². The Kier molecular flexibility index (Phi) is 1.74. The van der Waals surface area contributed by atoms with Crippen LogP contribution in [-0.2, 0) is 0 Å². The van der Waals surface area contributed by atoms with Gasteiger partial charge in [-0.1, -0.05) is 12.1 Å². The van der Waals surface area contributed by atoms with Gasteiger partial charge in [0, 0.05) is 18.5 Å². The van der Waals surface area contributed by atoms with Gasteiger partial charge in [0.1, 0.15) is 5.82 Å². The third-order valence-corrected chi connectivity index (χ3v) is 2.77. The molecule has 0 spiro atoms. The number of para-hydroxylation sites is 1. The van der Waals surface area contributed by atoms with Crippen LogP contribution in [0.4, 0.5) is 5.82 Å². The lowest BCUT2D eigenvalue weighted by atomic mass is 10.1. The standard InChI is InChI=1S/C11H11N3O/c15-11-12-9-5-2-1-4-8(9)10(13-11)14-6-3-7-14/h1-2,4-5H,3,6-7H2,(H,12,13,15). The molecule has 2 aromatic rings. The molecule has 1 N–H and O–H groups in total. The number of rotatable bonds is 1. The number of nitrogens with zero attached hydrogens (tertiary/aromatic N) is 2. The maximum absolute atomic E-state index is 11.4. The van der Waals surface area contributed by atoms with E-state index in [0.29, 0.717) is 0 Å². The van der Waals surface area contributed by atoms with Crippen molar-refractivity contribution in [3.63, 3.8) is 0 Å². The highest BCUT2D eigenvalue weighted by Gasteiger charge is 2.18. The van der Waals surface area contributed by atoms with E-state index in [0.717, 1.165) is 29.8 Å². The van der Waals surface area contributed by atoms with E-state index in [9.17, 15) is 4.79 Å². The second kappa shape index (κ2) is 3.08. The van der Waals surface area contributed by atoms with Crippen molar-refractivity contribution in [2.75, 3.05) is 18.0 Å². The molecule has 1 aromatic carbocycles. The molecule has 0 amide bonds. The topological polar surface area (TPSA) is 49.0 Å². The van der Waals surface area contributed by atoms with Crippen LogP contribution in [0.1, 0.15) is 6.42 Å². The fourth-order valence-electron chi connectivity index (χ4n) is 1.86. The summed E-state index contributed by atoms with van der Waals surface area (Å²) in [6.07, 6.45) is 1.18. The second-order valence-electron chi connectivity index (χ2n) is 3.75. The zero-order valence-electron chi connectivity index (χ0n) is 8.23. The molecule has 2 heterocycles. The molecule has 1 fully saturated rings. The molecule has 3 rings (SSSR count). The summed E-state index contributed by atoms with van der Waals surface area (Å²) >= 11 is 0. The molecule has 76 valence electrons. The van der Waals surface area contributed by atoms with Gasteiger partial charge < -0.3 is 9.88 Å². The molecule has 1 aliphatic rings. The van der Waals surface area contributed by atoms with Crippen LogP contribution < -0.4 is 10.6 Å². The summed E-state index contributed by atoms with van der Waals surface area (Å²) in [5.41, 5.74) is 0.593. The Balaban J connectivity index is 2.30. The van der Waals surface area contributed by atoms with Crippen LogP contribution in [0.5, 0.6) is 0 Å². The molecule has 1 aromatic heterocycles. The minimum Gasteiger partial charge on any atom is -0.356 e. The fraction of sp³-hybridized carbons (Fsp3) is 0.273. The number of aromatic nitrogens is 2. The average molecular weight is 201 g/mol. The average Bonchev–Trinajstić information content (AvgIpc) is 2.14. The monoisotopic (exact) mass is 201 g/mol. The van der Waals surface area contributed by atoms with Crippen LogP contribution in [-0.4, -0.2) is 23.1 Å². The lowest BCUT2D eigenvalue weighted by Gasteiger charge is -2.32. The van der Waals surface area contributed by atoms with Crippen molar-refractivity contribution in [2.45, 2.75) is 6.42 Å². The first-order valence-electron chi connectivity index (χ1n) is 5.08. The van der Waals surface area contributed by atoms with Gasteiger partial charge in [0.25, 0.3) is 0 Å². The van der Waals surface area contributed by atoms with Crippen LogP contribution in [0.15, 0.2) is 29.1 Å². The molecule has 0 unspecified atom stereocenters. The summed E-state index contributed by atoms with van der Waals surface area (Å²) in [5, 5.41) is 1.02. The molecule has 4 heteroatoms. The molecule has 1 saturated heterocycles. The lowest BCUT2D eigenvalue weighted by molar-refractivity contribution is 0.610. The third kappa shape index (κ3) is 1.29. The number of hydrogen-bond donors (Lipinski definition) is 1. The summed E-state index contributed by atoms with van der Waals surface area (Å²) in [6.45, 7) is 2.00. The minimum atomic E-state index is -0.268. The maximum atomic E-state index is 11.4. The number of anilines is 1. The van der Waals surface area contributed by atoms with Gasteiger partial charge in [-0.2, -0.15) is 4.98 Å². The largest absolute Gasteiger partial charge is 0.356 e. The van der Waals surface area contributed by atoms with E-state index >= 15 is 0 Å². The molecule has 15 heavy (non-hydrogen) atoms. The van der Waals surface area contributed by atoms with Gasteiger partial charge in [-0.15, -0.1) is 0 Å². The van der Waals surface area contributed by atoms with Crippen molar-refractivity contribution >= 4 is 16.7 Å². The summed E-state index contributed by atoms with van der Waals surface area (Å²) in [7, 11) is 0. The molecule has 0 aliphatic carbocycles. The van der Waals surface area contributed by atoms with Gasteiger partial charge in [0.05, 0.1) is 5.52 Å². The molecule has 0 atom stereocenters. The molecular weight excluding hydrogens is 190 g/mol. The Hall–Kier alpha value is -1.84. The Morgan fingerprint density at radius 2 is 2.07 bits per heavy atom. The first-order chi connectivity index (χ1) is 7.34. The molecule has 0 radical (unpaired) electrons. The van der Waals surface area contributed by atoms with Crippen molar-refractivity contribution in [3.8, 4) is 0 Å². The number of nitrogens with one attached hydrogen (secondary N) is 1. The SMILES string of the molecule is O=c1nc(N2CCC2)c2ccccc2[nH]1. The van der Waals surface area contributed by atoms with Crippen molar-refractivity contribution < 1.29 is 0 Å². The van der Waals surface area contributed by atoms with Crippen LogP contribution >= 0.6 is 0 Å². The fourth-order valence-corrected chi connectivity index (χ4v) is 1.86. The van der Waals surface area contributed by atoms with E-state index in [1.54, 1.807) is 0 Å². The first kappa shape index (κ1) is 8.47. The number of benzene rings is 1. The van der Waals surface area contributed by atoms with Gasteiger partial charge in [-0.05, 0) is 18.6 Å². The summed E-state index contributed by atoms with van der Waals surface area (Å²) in [5.74, 6) is 0.820. The molecule has 4 nitrogen and oxygen atoms in total. The van der Waals surface area contributed by atoms with Crippen molar-refractivity contribution in [1.82, 2.24) is 9.97 Å². The van der Waals surface area contributed by atoms with Gasteiger partial charge in [0.15, 0.2) is 0 Å². The molecule has 0 saturated carbocycles. The quantitative estimate of drug-likeness (QED) is 0.752. The van der Waals surface area contributed by atoms with Crippen LogP contribution in [0.2, 0.25) is 0 Å². The summed E-state index contributed by atoms with van der Waals surface area (Å²) in [4.78, 5) is 20.3. The minimum absolute atomic E-state index is 0.268. The third-order valence-electron chi connectivity index (χ3n) is 2.77. The normalized spacial score (nSPS) is 15.3. The van der Waals surface area contributed by atoms with Crippen molar-refractivity contribution in [3.05, 3.63) is 34.7 Å². The van der Waals surface area contributed by atoms with Gasteiger partial charge in [-0.3, -0.25) is 0 Å². The van der Waals surface area contributed by atoms with Crippen molar-refractivity contribution in [1.29, 1.82) is 0 Å². The van der Waals surface area contributed by atoms with E-state index in [1.165, 1.54) is 6.42 Å². The highest BCUT2D eigenvalue weighted by Crippen LogP contribution is 2.24. The van der Waals surface area contributed by atoms with E-state index in [1.807, 2.05) is 24.3 Å². The highest BCUT2D eigenvalue weighted by atomic mass is 16.1. The Labute approximate surface area is 86.6 Å². The second-order valence-corrected chi connectivity index (χ2v) is 3.75. The molecule has 1 aliphatic heterocycles. The summed E-state index contributed by atoms with van der Waals surface area (Å²) < 4.78 is 0. The Bertz CT molecular complexity index is 557. The molecule has 0 bridgehead atoms. The first-order valence-corrected chi connectivity index (χ1v) is 5.08. The number of H-pyrrole nitrogens is 1. The van der Waals surface area contributed by atoms with Gasteiger partial charge in [-0.25, -0.2) is 4.79 Å². The number of aromatic amines is 1. The van der Waals surface area contributed by atoms with E-state index < -0.39 is 0 Å². The number of hydrogen-bond acceptors (Lipinski definition) is 3. The Morgan fingerprint density at radius 3 is 2.80 bits per heavy atom. The lowest BCUT2D eigenvalue weighted by Crippen LogP contribution is -2.38. The molecular formula is C11H11N3O. The predicted molar refractivity (Wildman–Crippen MR) is 59.2 cm³/mol. The van der Waals surface area contributed by atoms with Crippen molar-refractivity contribution in [2.24, 2.45) is 0 Å². The van der Waals surface area contributed by atoms with Crippen LogP contribution in [0.25, 0.3) is 10.9 Å². The van der Waals surface area contributed by atoms with Gasteiger partial charge >= 0.3 is 5.69 Å². The smallest absolute Gasteiger partial charge is 0.347 e. The summed E-state index contributed by atoms with van der Waals surface area (Å²) in [6, 6.07) is 7.78. The Morgan fingerprint density at radius 1 is 1.27 bits per heavy atom.